The van der Waals surface area contributed by atoms with Gasteiger partial charge in [-0.1, -0.05) is 67.5 Å². The van der Waals surface area contributed by atoms with Crippen molar-refractivity contribution >= 4 is 16.8 Å². The lowest BCUT2D eigenvalue weighted by Gasteiger charge is -2.12. The van der Waals surface area contributed by atoms with E-state index in [4.69, 9.17) is 4.74 Å². The van der Waals surface area contributed by atoms with Gasteiger partial charge in [-0.25, -0.2) is 0 Å². The van der Waals surface area contributed by atoms with E-state index in [1.807, 2.05) is 24.3 Å². The highest BCUT2D eigenvalue weighted by molar-refractivity contribution is 5.94. The second kappa shape index (κ2) is 7.47. The Kier molecular flexibility index (Phi) is 5.14. The van der Waals surface area contributed by atoms with E-state index >= 15 is 0 Å². The highest BCUT2D eigenvalue weighted by Crippen LogP contribution is 2.30. The van der Waals surface area contributed by atoms with Crippen LogP contribution in [0.15, 0.2) is 54.1 Å². The molecule has 1 aliphatic rings. The van der Waals surface area contributed by atoms with Crippen LogP contribution in [0.4, 0.5) is 0 Å². The van der Waals surface area contributed by atoms with E-state index in [2.05, 4.69) is 31.2 Å². The molecule has 3 rings (SSSR count). The van der Waals surface area contributed by atoms with E-state index in [1.54, 1.807) is 6.07 Å². The van der Waals surface area contributed by atoms with Gasteiger partial charge in [0.15, 0.2) is 0 Å². The Morgan fingerprint density at radius 3 is 2.74 bits per heavy atom. The first-order valence-electron chi connectivity index (χ1n) is 8.46. The van der Waals surface area contributed by atoms with Crippen LogP contribution >= 0.6 is 0 Å². The second-order valence-electron chi connectivity index (χ2n) is 6.11. The highest BCUT2D eigenvalue weighted by atomic mass is 16.5. The molecule has 1 aliphatic heterocycles. The third kappa shape index (κ3) is 3.83. The molecule has 0 bridgehead atoms. The van der Waals surface area contributed by atoms with Crippen molar-refractivity contribution < 1.29 is 9.84 Å². The molecule has 1 heterocycles. The van der Waals surface area contributed by atoms with Crippen molar-refractivity contribution in [1.82, 2.24) is 0 Å². The van der Waals surface area contributed by atoms with Crippen molar-refractivity contribution in [3.8, 4) is 5.75 Å². The summed E-state index contributed by atoms with van der Waals surface area (Å²) in [4.78, 5) is 0. The van der Waals surface area contributed by atoms with E-state index in [0.717, 1.165) is 43.1 Å². The first-order chi connectivity index (χ1) is 11.3. The lowest BCUT2D eigenvalue weighted by molar-refractivity contribution is 0.121. The normalized spacial score (nSPS) is 18.0. The Hall–Kier alpha value is -2.06. The Balaban J connectivity index is 1.86. The Labute approximate surface area is 138 Å². The van der Waals surface area contributed by atoms with Crippen LogP contribution in [0.5, 0.6) is 5.75 Å². The van der Waals surface area contributed by atoms with Gasteiger partial charge >= 0.3 is 0 Å². The summed E-state index contributed by atoms with van der Waals surface area (Å²) in [6, 6.07) is 11.8. The van der Waals surface area contributed by atoms with Crippen LogP contribution in [-0.2, 0) is 4.74 Å². The maximum Gasteiger partial charge on any atom is 0.123 e. The molecule has 2 aromatic carbocycles. The van der Waals surface area contributed by atoms with Crippen molar-refractivity contribution in [2.75, 3.05) is 6.61 Å². The number of hydrogen-bond acceptors (Lipinski definition) is 2. The van der Waals surface area contributed by atoms with Crippen molar-refractivity contribution in [3.63, 3.8) is 0 Å². The fraction of sp³-hybridized carbons (Fsp3) is 0.333. The molecule has 0 radical (unpaired) electrons. The van der Waals surface area contributed by atoms with E-state index in [0.29, 0.717) is 5.75 Å². The van der Waals surface area contributed by atoms with E-state index in [9.17, 15) is 5.11 Å². The van der Waals surface area contributed by atoms with Gasteiger partial charge in [-0.2, -0.15) is 0 Å². The molecule has 0 fully saturated rings. The Morgan fingerprint density at radius 2 is 2.00 bits per heavy atom. The zero-order valence-corrected chi connectivity index (χ0v) is 13.7. The first-order valence-corrected chi connectivity index (χ1v) is 8.46. The molecule has 120 valence electrons. The molecule has 0 unspecified atom stereocenters. The van der Waals surface area contributed by atoms with Gasteiger partial charge in [-0.3, -0.25) is 0 Å². The summed E-state index contributed by atoms with van der Waals surface area (Å²) in [5, 5.41) is 12.1. The minimum absolute atomic E-state index is 0.270. The molecule has 1 atom stereocenters. The molecule has 2 aromatic rings. The highest BCUT2D eigenvalue weighted by Gasteiger charge is 2.11. The summed E-state index contributed by atoms with van der Waals surface area (Å²) in [5.41, 5.74) is 2.64. The third-order valence-corrected chi connectivity index (χ3v) is 4.37. The van der Waals surface area contributed by atoms with Gasteiger partial charge in [0.25, 0.3) is 0 Å². The van der Waals surface area contributed by atoms with Gasteiger partial charge < -0.3 is 9.84 Å². The minimum atomic E-state index is 0.270. The van der Waals surface area contributed by atoms with Crippen molar-refractivity contribution in [1.29, 1.82) is 0 Å². The molecular formula is C21H24O2. The van der Waals surface area contributed by atoms with Crippen LogP contribution in [0.2, 0.25) is 0 Å². The summed E-state index contributed by atoms with van der Waals surface area (Å²) >= 11 is 0. The molecular weight excluding hydrogens is 284 g/mol. The molecule has 0 saturated carbocycles. The number of hydrogen-bond donors (Lipinski definition) is 1. The number of benzene rings is 2. The van der Waals surface area contributed by atoms with E-state index in [-0.39, 0.29) is 6.10 Å². The quantitative estimate of drug-likeness (QED) is 0.718. The van der Waals surface area contributed by atoms with Crippen LogP contribution < -0.4 is 0 Å². The zero-order chi connectivity index (χ0) is 16.1. The zero-order valence-electron chi connectivity index (χ0n) is 13.7. The molecule has 1 N–H and O–H groups in total. The van der Waals surface area contributed by atoms with Gasteiger partial charge in [0.05, 0.1) is 12.7 Å². The summed E-state index contributed by atoms with van der Waals surface area (Å²) in [5.74, 6) is 0.347. The molecule has 0 aromatic heterocycles. The smallest absolute Gasteiger partial charge is 0.123 e. The predicted octanol–water partition coefficient (Wildman–Crippen LogP) is 5.46. The summed E-state index contributed by atoms with van der Waals surface area (Å²) < 4.78 is 5.65. The van der Waals surface area contributed by atoms with Crippen LogP contribution in [-0.4, -0.2) is 17.8 Å². The lowest BCUT2D eigenvalue weighted by Crippen LogP contribution is -2.04. The second-order valence-corrected chi connectivity index (χ2v) is 6.11. The van der Waals surface area contributed by atoms with Gasteiger partial charge in [-0.05, 0) is 36.3 Å². The largest absolute Gasteiger partial charge is 0.507 e. The number of phenolic OH excluding ortho intramolecular Hbond substituents is 1. The number of rotatable bonds is 6. The number of fused-ring (bicyclic) bond motifs is 1. The summed E-state index contributed by atoms with van der Waals surface area (Å²) in [7, 11) is 0. The van der Waals surface area contributed by atoms with Crippen LogP contribution in [0.3, 0.4) is 0 Å². The molecule has 0 spiro atoms. The average molecular weight is 308 g/mol. The maximum atomic E-state index is 10.0. The number of phenols is 1. The van der Waals surface area contributed by atoms with Crippen LogP contribution in [0.1, 0.15) is 38.2 Å². The molecule has 0 amide bonds. The van der Waals surface area contributed by atoms with E-state index < -0.39 is 0 Å². The SMILES string of the molecule is CCC/C(=C\c1ccc(O)c2ccccc12)CC[C@@H]1C=CCO1. The van der Waals surface area contributed by atoms with Crippen molar-refractivity contribution in [2.24, 2.45) is 0 Å². The Bertz CT molecular complexity index is 728. The number of ether oxygens (including phenoxy) is 1. The fourth-order valence-corrected chi connectivity index (χ4v) is 3.19. The van der Waals surface area contributed by atoms with Crippen LogP contribution in [0, 0.1) is 0 Å². The van der Waals surface area contributed by atoms with Gasteiger partial charge in [0.1, 0.15) is 5.75 Å². The monoisotopic (exact) mass is 308 g/mol. The number of aromatic hydroxyl groups is 1. The lowest BCUT2D eigenvalue weighted by atomic mass is 9.97. The predicted molar refractivity (Wildman–Crippen MR) is 96.6 cm³/mol. The molecule has 0 aliphatic carbocycles. The van der Waals surface area contributed by atoms with Crippen LogP contribution in [0.25, 0.3) is 16.8 Å². The first kappa shape index (κ1) is 15.8. The van der Waals surface area contributed by atoms with Gasteiger partial charge in [-0.15, -0.1) is 0 Å². The van der Waals surface area contributed by atoms with Crippen molar-refractivity contribution in [3.05, 3.63) is 59.7 Å². The van der Waals surface area contributed by atoms with Crippen molar-refractivity contribution in [2.45, 2.75) is 38.7 Å². The standard InChI is InChI=1S/C21H24O2/c1-2-6-16(10-12-18-7-5-14-23-18)15-17-11-13-21(22)20-9-4-3-8-19(17)20/h3-5,7-9,11,13,15,18,22H,2,6,10,12,14H2,1H3/b16-15+/t18-/m0/s1. The minimum Gasteiger partial charge on any atom is -0.507 e. The molecule has 0 saturated heterocycles. The summed E-state index contributed by atoms with van der Waals surface area (Å²) in [6.45, 7) is 2.97. The van der Waals surface area contributed by atoms with E-state index in [1.165, 1.54) is 11.1 Å². The maximum absolute atomic E-state index is 10.0. The fourth-order valence-electron chi connectivity index (χ4n) is 3.19. The molecule has 23 heavy (non-hydrogen) atoms. The van der Waals surface area contributed by atoms with Gasteiger partial charge in [0.2, 0.25) is 0 Å². The summed E-state index contributed by atoms with van der Waals surface area (Å²) in [6.07, 6.45) is 11.2. The third-order valence-electron chi connectivity index (χ3n) is 4.37. The topological polar surface area (TPSA) is 29.5 Å². The average Bonchev–Trinajstić information content (AvgIpc) is 3.09. The molecule has 2 nitrogen and oxygen atoms in total. The molecule has 2 heteroatoms. The van der Waals surface area contributed by atoms with Gasteiger partial charge in [0, 0.05) is 5.39 Å². The number of allylic oxidation sites excluding steroid dienone is 1. The Morgan fingerprint density at radius 1 is 1.17 bits per heavy atom.